The van der Waals surface area contributed by atoms with Crippen LogP contribution in [0.5, 0.6) is 0 Å². The molecule has 2 aromatic rings. The zero-order chi connectivity index (χ0) is 13.9. The maximum Gasteiger partial charge on any atom is 0.258 e. The van der Waals surface area contributed by atoms with Crippen LogP contribution in [-0.4, -0.2) is 16.5 Å². The fourth-order valence-electron chi connectivity index (χ4n) is 2.37. The summed E-state index contributed by atoms with van der Waals surface area (Å²) in [5.74, 6) is 1.63. The minimum atomic E-state index is -0.110. The van der Waals surface area contributed by atoms with Crippen LogP contribution in [0.4, 0.5) is 0 Å². The van der Waals surface area contributed by atoms with Gasteiger partial charge in [-0.2, -0.15) is 0 Å². The zero-order valence-corrected chi connectivity index (χ0v) is 12.0. The Morgan fingerprint density at radius 2 is 2.25 bits per heavy atom. The van der Waals surface area contributed by atoms with Gasteiger partial charge in [0.05, 0.1) is 17.4 Å². The minimum Gasteiger partial charge on any atom is -0.310 e. The van der Waals surface area contributed by atoms with Crippen LogP contribution in [0.15, 0.2) is 23.0 Å². The number of nitrogens with zero attached hydrogens (tertiary/aromatic N) is 1. The molecule has 1 aromatic heterocycles. The van der Waals surface area contributed by atoms with Crippen molar-refractivity contribution < 1.29 is 0 Å². The summed E-state index contributed by atoms with van der Waals surface area (Å²) in [6.45, 7) is 1.55. The Hall–Kier alpha value is -1.39. The normalized spacial score (nSPS) is 14.8. The molecule has 1 aromatic carbocycles. The standard InChI is InChI=1S/C15H18ClN3O/c16-11-5-6-12-13(8-11)18-14(19-15(12)20)9-17-7-1-2-10-3-4-10/h5-6,8,10,17H,1-4,7,9H2,(H,18,19,20). The number of fused-ring (bicyclic) bond motifs is 1. The Morgan fingerprint density at radius 3 is 3.05 bits per heavy atom. The van der Waals surface area contributed by atoms with Crippen molar-refractivity contribution in [3.8, 4) is 0 Å². The van der Waals surface area contributed by atoms with E-state index in [0.717, 1.165) is 12.5 Å². The number of rotatable bonds is 6. The summed E-state index contributed by atoms with van der Waals surface area (Å²) < 4.78 is 0. The third kappa shape index (κ3) is 3.38. The highest BCUT2D eigenvalue weighted by atomic mass is 35.5. The highest BCUT2D eigenvalue weighted by molar-refractivity contribution is 6.31. The molecule has 1 aliphatic rings. The van der Waals surface area contributed by atoms with E-state index >= 15 is 0 Å². The lowest BCUT2D eigenvalue weighted by Gasteiger charge is -2.05. The number of hydrogen-bond donors (Lipinski definition) is 2. The first kappa shape index (κ1) is 13.6. The molecule has 3 rings (SSSR count). The molecule has 1 fully saturated rings. The van der Waals surface area contributed by atoms with Crippen molar-refractivity contribution in [2.24, 2.45) is 5.92 Å². The number of nitrogens with one attached hydrogen (secondary N) is 2. The Labute approximate surface area is 122 Å². The van der Waals surface area contributed by atoms with Gasteiger partial charge in [-0.05, 0) is 43.5 Å². The Kier molecular flexibility index (Phi) is 4.03. The number of halogens is 1. The average Bonchev–Trinajstić information content (AvgIpc) is 3.22. The predicted molar refractivity (Wildman–Crippen MR) is 81.0 cm³/mol. The molecule has 1 heterocycles. The average molecular weight is 292 g/mol. The molecule has 0 atom stereocenters. The molecule has 106 valence electrons. The van der Waals surface area contributed by atoms with Gasteiger partial charge in [0.1, 0.15) is 5.82 Å². The molecule has 0 amide bonds. The van der Waals surface area contributed by atoms with E-state index in [1.165, 1.54) is 25.7 Å². The molecule has 0 radical (unpaired) electrons. The van der Waals surface area contributed by atoms with Crippen molar-refractivity contribution in [1.29, 1.82) is 0 Å². The third-order valence-electron chi connectivity index (χ3n) is 3.67. The largest absolute Gasteiger partial charge is 0.310 e. The molecule has 0 aliphatic heterocycles. The second-order valence-electron chi connectivity index (χ2n) is 5.44. The molecular weight excluding hydrogens is 274 g/mol. The lowest BCUT2D eigenvalue weighted by atomic mass is 10.2. The number of aromatic amines is 1. The van der Waals surface area contributed by atoms with E-state index < -0.39 is 0 Å². The van der Waals surface area contributed by atoms with E-state index in [2.05, 4.69) is 15.3 Å². The highest BCUT2D eigenvalue weighted by Gasteiger charge is 2.19. The van der Waals surface area contributed by atoms with Crippen molar-refractivity contribution in [2.45, 2.75) is 32.2 Å². The number of H-pyrrole nitrogens is 1. The van der Waals surface area contributed by atoms with Crippen molar-refractivity contribution in [3.05, 3.63) is 39.4 Å². The SMILES string of the molecule is O=c1[nH]c(CNCCCC2CC2)nc2cc(Cl)ccc12. The summed E-state index contributed by atoms with van der Waals surface area (Å²) in [5, 5.41) is 4.50. The number of hydrogen-bond acceptors (Lipinski definition) is 3. The second kappa shape index (κ2) is 5.94. The van der Waals surface area contributed by atoms with Crippen LogP contribution < -0.4 is 10.9 Å². The van der Waals surface area contributed by atoms with E-state index in [1.54, 1.807) is 18.2 Å². The van der Waals surface area contributed by atoms with Crippen LogP contribution in [0.2, 0.25) is 5.02 Å². The summed E-state index contributed by atoms with van der Waals surface area (Å²) in [6, 6.07) is 5.13. The van der Waals surface area contributed by atoms with Gasteiger partial charge in [0.15, 0.2) is 0 Å². The van der Waals surface area contributed by atoms with Crippen LogP contribution in [0, 0.1) is 5.92 Å². The van der Waals surface area contributed by atoms with Gasteiger partial charge in [-0.25, -0.2) is 4.98 Å². The van der Waals surface area contributed by atoms with Crippen LogP contribution in [0.1, 0.15) is 31.5 Å². The van der Waals surface area contributed by atoms with Gasteiger partial charge in [0.2, 0.25) is 0 Å². The van der Waals surface area contributed by atoms with Gasteiger partial charge in [0.25, 0.3) is 5.56 Å². The molecule has 1 aliphatic carbocycles. The van der Waals surface area contributed by atoms with Gasteiger partial charge in [-0.15, -0.1) is 0 Å². The molecule has 0 saturated heterocycles. The Balaban J connectivity index is 1.63. The third-order valence-corrected chi connectivity index (χ3v) is 3.91. The Morgan fingerprint density at radius 1 is 1.40 bits per heavy atom. The molecule has 0 spiro atoms. The maximum absolute atomic E-state index is 11.9. The fourth-order valence-corrected chi connectivity index (χ4v) is 2.54. The number of benzene rings is 1. The molecule has 0 unspecified atom stereocenters. The first-order valence-electron chi connectivity index (χ1n) is 7.11. The van der Waals surface area contributed by atoms with Crippen molar-refractivity contribution in [2.75, 3.05) is 6.54 Å². The summed E-state index contributed by atoms with van der Waals surface area (Å²) >= 11 is 5.94. The van der Waals surface area contributed by atoms with E-state index in [0.29, 0.717) is 28.3 Å². The monoisotopic (exact) mass is 291 g/mol. The smallest absolute Gasteiger partial charge is 0.258 e. The van der Waals surface area contributed by atoms with Crippen LogP contribution >= 0.6 is 11.6 Å². The van der Waals surface area contributed by atoms with Gasteiger partial charge in [-0.1, -0.05) is 24.4 Å². The summed E-state index contributed by atoms with van der Waals surface area (Å²) in [5.41, 5.74) is 0.539. The van der Waals surface area contributed by atoms with Crippen molar-refractivity contribution in [3.63, 3.8) is 0 Å². The minimum absolute atomic E-state index is 0.110. The summed E-state index contributed by atoms with van der Waals surface area (Å²) in [4.78, 5) is 19.2. The lowest BCUT2D eigenvalue weighted by molar-refractivity contribution is 0.584. The lowest BCUT2D eigenvalue weighted by Crippen LogP contribution is -2.20. The predicted octanol–water partition coefficient (Wildman–Crippen LogP) is 2.86. The summed E-state index contributed by atoms with van der Waals surface area (Å²) in [6.07, 6.45) is 5.30. The maximum atomic E-state index is 11.9. The summed E-state index contributed by atoms with van der Waals surface area (Å²) in [7, 11) is 0. The molecule has 2 N–H and O–H groups in total. The van der Waals surface area contributed by atoms with Gasteiger partial charge in [0, 0.05) is 5.02 Å². The first-order chi connectivity index (χ1) is 9.72. The van der Waals surface area contributed by atoms with Gasteiger partial charge < -0.3 is 10.3 Å². The quantitative estimate of drug-likeness (QED) is 0.805. The zero-order valence-electron chi connectivity index (χ0n) is 11.3. The van der Waals surface area contributed by atoms with E-state index in [1.807, 2.05) is 0 Å². The topological polar surface area (TPSA) is 57.8 Å². The first-order valence-corrected chi connectivity index (χ1v) is 7.49. The molecule has 1 saturated carbocycles. The molecule has 5 heteroatoms. The van der Waals surface area contributed by atoms with Crippen molar-refractivity contribution in [1.82, 2.24) is 15.3 Å². The molecular formula is C15H18ClN3O. The van der Waals surface area contributed by atoms with E-state index in [-0.39, 0.29) is 5.56 Å². The van der Waals surface area contributed by atoms with Crippen LogP contribution in [-0.2, 0) is 6.54 Å². The fraction of sp³-hybridized carbons (Fsp3) is 0.467. The second-order valence-corrected chi connectivity index (χ2v) is 5.87. The number of aromatic nitrogens is 2. The highest BCUT2D eigenvalue weighted by Crippen LogP contribution is 2.33. The molecule has 4 nitrogen and oxygen atoms in total. The van der Waals surface area contributed by atoms with Gasteiger partial charge in [-0.3, -0.25) is 4.79 Å². The van der Waals surface area contributed by atoms with E-state index in [9.17, 15) is 4.79 Å². The molecule has 0 bridgehead atoms. The van der Waals surface area contributed by atoms with Crippen LogP contribution in [0.3, 0.4) is 0 Å². The Bertz CT molecular complexity index is 664. The molecule has 20 heavy (non-hydrogen) atoms. The van der Waals surface area contributed by atoms with Crippen molar-refractivity contribution >= 4 is 22.5 Å². The van der Waals surface area contributed by atoms with Crippen LogP contribution in [0.25, 0.3) is 10.9 Å². The van der Waals surface area contributed by atoms with Gasteiger partial charge >= 0.3 is 0 Å². The van der Waals surface area contributed by atoms with E-state index in [4.69, 9.17) is 11.6 Å².